The maximum atomic E-state index is 14.0. The third-order valence-electron chi connectivity index (χ3n) is 8.48. The molecule has 2 N–H and O–H groups in total. The van der Waals surface area contributed by atoms with Crippen LogP contribution >= 0.6 is 0 Å². The molecule has 44 heavy (non-hydrogen) atoms. The van der Waals surface area contributed by atoms with E-state index in [4.69, 9.17) is 9.15 Å². The predicted molar refractivity (Wildman–Crippen MR) is 168 cm³/mol. The Morgan fingerprint density at radius 1 is 0.932 bits per heavy atom. The van der Waals surface area contributed by atoms with Gasteiger partial charge in [-0.1, -0.05) is 30.3 Å². The topological polar surface area (TPSA) is 125 Å². The number of phenols is 2. The molecule has 2 aromatic heterocycles. The molecule has 1 saturated heterocycles. The molecular formula is C34H33N3O7. The summed E-state index contributed by atoms with van der Waals surface area (Å²) < 4.78 is 13.1. The number of rotatable bonds is 6. The molecule has 3 aromatic carbocycles. The van der Waals surface area contributed by atoms with Gasteiger partial charge < -0.3 is 33.7 Å². The number of aromatic nitrogens is 1. The van der Waals surface area contributed by atoms with E-state index in [1.54, 1.807) is 61.5 Å². The van der Waals surface area contributed by atoms with Gasteiger partial charge in [0.2, 0.25) is 5.91 Å². The fourth-order valence-electron chi connectivity index (χ4n) is 5.97. The molecule has 0 spiro atoms. The molecule has 0 unspecified atom stereocenters. The Bertz CT molecular complexity index is 2010. The molecule has 0 radical (unpaired) electrons. The van der Waals surface area contributed by atoms with Crippen molar-refractivity contribution in [3.05, 3.63) is 98.4 Å². The fourth-order valence-corrected chi connectivity index (χ4v) is 5.97. The highest BCUT2D eigenvalue weighted by molar-refractivity contribution is 5.91. The number of aryl methyl sites for hydroxylation is 1. The molecule has 0 aliphatic carbocycles. The summed E-state index contributed by atoms with van der Waals surface area (Å²) in [7, 11) is 5.17. The molecule has 226 valence electrons. The van der Waals surface area contributed by atoms with Gasteiger partial charge >= 0.3 is 0 Å². The molecular weight excluding hydrogens is 562 g/mol. The standard InChI is InChI=1S/C34H33N3O7/c1-35-11-13-37(14-12-35)30(41)17-23(24-15-21-9-10-22(43-3)16-25(21)36(2)34(24)42)31-26(38)18-27(39)32-28(40)19-29(44-33(31)32)20-7-5-4-6-8-20/h4-10,15-16,18-19,23,38-39H,11-14,17H2,1-3H3/t23-/m0/s1. The molecule has 1 fully saturated rings. The van der Waals surface area contributed by atoms with Crippen molar-refractivity contribution in [2.75, 3.05) is 40.3 Å². The minimum absolute atomic E-state index is 0.0816. The number of likely N-dealkylation sites (N-methyl/N-ethyl adjacent to an activating group) is 1. The van der Waals surface area contributed by atoms with Gasteiger partial charge in [-0.05, 0) is 30.6 Å². The molecule has 5 aromatic rings. The number of phenolic OH excluding ortho intramolecular Hbond substituents is 2. The second-order valence-electron chi connectivity index (χ2n) is 11.2. The van der Waals surface area contributed by atoms with Crippen LogP contribution in [-0.4, -0.2) is 70.8 Å². The number of aromatic hydroxyl groups is 2. The maximum absolute atomic E-state index is 14.0. The van der Waals surface area contributed by atoms with Crippen LogP contribution < -0.4 is 15.7 Å². The van der Waals surface area contributed by atoms with Crippen LogP contribution in [0.3, 0.4) is 0 Å². The smallest absolute Gasteiger partial charge is 0.254 e. The van der Waals surface area contributed by atoms with Crippen molar-refractivity contribution < 1.29 is 24.2 Å². The molecule has 1 aliphatic heterocycles. The number of carbonyl (C=O) groups excluding carboxylic acids is 1. The normalized spacial score (nSPS) is 14.7. The number of pyridine rings is 1. The number of fused-ring (bicyclic) bond motifs is 2. The van der Waals surface area contributed by atoms with Crippen LogP contribution in [0, 0.1) is 0 Å². The van der Waals surface area contributed by atoms with Gasteiger partial charge in [0, 0.05) is 80.5 Å². The summed E-state index contributed by atoms with van der Waals surface area (Å²) >= 11 is 0. The van der Waals surface area contributed by atoms with Crippen LogP contribution in [0.25, 0.3) is 33.2 Å². The second-order valence-corrected chi connectivity index (χ2v) is 11.2. The second kappa shape index (κ2) is 11.5. The lowest BCUT2D eigenvalue weighted by Gasteiger charge is -2.33. The SMILES string of the molecule is COc1ccc2cc([C@H](CC(=O)N3CCN(C)CC3)c3c(O)cc(O)c4c(=O)cc(-c5ccccc5)oc34)c(=O)n(C)c2c1. The number of hydrogen-bond donors (Lipinski definition) is 2. The minimum Gasteiger partial charge on any atom is -0.507 e. The lowest BCUT2D eigenvalue weighted by molar-refractivity contribution is -0.133. The Labute approximate surface area is 252 Å². The van der Waals surface area contributed by atoms with Crippen molar-refractivity contribution >= 4 is 27.8 Å². The molecule has 10 heteroatoms. The zero-order valence-electron chi connectivity index (χ0n) is 24.7. The quantitative estimate of drug-likeness (QED) is 0.302. The van der Waals surface area contributed by atoms with Crippen molar-refractivity contribution in [1.82, 2.24) is 14.4 Å². The van der Waals surface area contributed by atoms with Crippen LogP contribution in [-0.2, 0) is 11.8 Å². The van der Waals surface area contributed by atoms with E-state index in [0.29, 0.717) is 48.4 Å². The monoisotopic (exact) mass is 595 g/mol. The largest absolute Gasteiger partial charge is 0.507 e. The number of piperazine rings is 1. The Kier molecular flexibility index (Phi) is 7.60. The first-order chi connectivity index (χ1) is 21.2. The number of nitrogens with zero attached hydrogens (tertiary/aromatic N) is 3. The summed E-state index contributed by atoms with van der Waals surface area (Å²) in [5, 5.41) is 22.8. The number of methoxy groups -OCH3 is 1. The maximum Gasteiger partial charge on any atom is 0.254 e. The first-order valence-corrected chi connectivity index (χ1v) is 14.4. The molecule has 1 amide bonds. The average molecular weight is 596 g/mol. The number of amides is 1. The Balaban J connectivity index is 1.61. The lowest BCUT2D eigenvalue weighted by atomic mass is 9.85. The number of ether oxygens (including phenoxy) is 1. The molecule has 6 rings (SSSR count). The zero-order valence-corrected chi connectivity index (χ0v) is 24.7. The van der Waals surface area contributed by atoms with Crippen LogP contribution in [0.15, 0.2) is 80.7 Å². The van der Waals surface area contributed by atoms with E-state index in [9.17, 15) is 24.6 Å². The van der Waals surface area contributed by atoms with Gasteiger partial charge in [-0.15, -0.1) is 0 Å². The van der Waals surface area contributed by atoms with Crippen molar-refractivity contribution in [3.8, 4) is 28.6 Å². The Morgan fingerprint density at radius 3 is 2.36 bits per heavy atom. The molecule has 1 atom stereocenters. The third kappa shape index (κ3) is 5.17. The first-order valence-electron chi connectivity index (χ1n) is 14.4. The predicted octanol–water partition coefficient (Wildman–Crippen LogP) is 4.03. The van der Waals surface area contributed by atoms with Crippen molar-refractivity contribution in [1.29, 1.82) is 0 Å². The van der Waals surface area contributed by atoms with Crippen molar-refractivity contribution in [3.63, 3.8) is 0 Å². The van der Waals surface area contributed by atoms with E-state index < -0.39 is 22.8 Å². The molecule has 10 nitrogen and oxygen atoms in total. The van der Waals surface area contributed by atoms with Gasteiger partial charge in [-0.3, -0.25) is 14.4 Å². The van der Waals surface area contributed by atoms with Crippen LogP contribution in [0.5, 0.6) is 17.2 Å². The highest BCUT2D eigenvalue weighted by atomic mass is 16.5. The first kappa shape index (κ1) is 29.0. The van der Waals surface area contributed by atoms with E-state index in [1.165, 1.54) is 10.6 Å². The van der Waals surface area contributed by atoms with Gasteiger partial charge in [0.25, 0.3) is 5.56 Å². The molecule has 0 bridgehead atoms. The Morgan fingerprint density at radius 2 is 1.66 bits per heavy atom. The van der Waals surface area contributed by atoms with E-state index in [0.717, 1.165) is 6.07 Å². The van der Waals surface area contributed by atoms with Gasteiger partial charge in [0.15, 0.2) is 5.43 Å². The van der Waals surface area contributed by atoms with Gasteiger partial charge in [-0.2, -0.15) is 0 Å². The van der Waals surface area contributed by atoms with E-state index in [2.05, 4.69) is 4.90 Å². The summed E-state index contributed by atoms with van der Waals surface area (Å²) in [4.78, 5) is 45.2. The van der Waals surface area contributed by atoms with Crippen LogP contribution in [0.2, 0.25) is 0 Å². The van der Waals surface area contributed by atoms with Gasteiger partial charge in [-0.25, -0.2) is 0 Å². The summed E-state index contributed by atoms with van der Waals surface area (Å²) in [5.41, 5.74) is 0.571. The number of hydrogen-bond acceptors (Lipinski definition) is 8. The molecule has 3 heterocycles. The lowest BCUT2D eigenvalue weighted by Crippen LogP contribution is -2.47. The average Bonchev–Trinajstić information content (AvgIpc) is 3.02. The summed E-state index contributed by atoms with van der Waals surface area (Å²) in [6.45, 7) is 2.46. The van der Waals surface area contributed by atoms with E-state index in [-0.39, 0.29) is 45.7 Å². The Hall–Kier alpha value is -5.09. The summed E-state index contributed by atoms with van der Waals surface area (Å²) in [6, 6.07) is 18.4. The summed E-state index contributed by atoms with van der Waals surface area (Å²) in [5.74, 6) is -1.27. The highest BCUT2D eigenvalue weighted by Crippen LogP contribution is 2.43. The zero-order chi connectivity index (χ0) is 31.1. The van der Waals surface area contributed by atoms with E-state index in [1.807, 2.05) is 19.2 Å². The van der Waals surface area contributed by atoms with Crippen LogP contribution in [0.1, 0.15) is 23.5 Å². The number of benzene rings is 3. The van der Waals surface area contributed by atoms with Gasteiger partial charge in [0.05, 0.1) is 12.6 Å². The minimum atomic E-state index is -1.01. The van der Waals surface area contributed by atoms with Crippen molar-refractivity contribution in [2.45, 2.75) is 12.3 Å². The van der Waals surface area contributed by atoms with Gasteiger partial charge in [0.1, 0.15) is 34.0 Å². The molecule has 1 aliphatic rings. The van der Waals surface area contributed by atoms with E-state index >= 15 is 0 Å². The number of carbonyl (C=O) groups is 1. The fraction of sp³-hybridized carbons (Fsp3) is 0.265. The highest BCUT2D eigenvalue weighted by Gasteiger charge is 2.32. The third-order valence-corrected chi connectivity index (χ3v) is 8.48. The summed E-state index contributed by atoms with van der Waals surface area (Å²) in [6.07, 6.45) is -0.173. The molecule has 0 saturated carbocycles. The van der Waals surface area contributed by atoms with Crippen molar-refractivity contribution in [2.24, 2.45) is 7.05 Å². The van der Waals surface area contributed by atoms with Crippen LogP contribution in [0.4, 0.5) is 0 Å².